The van der Waals surface area contributed by atoms with Crippen LogP contribution in [0.2, 0.25) is 0 Å². The van der Waals surface area contributed by atoms with Gasteiger partial charge in [-0.2, -0.15) is 4.31 Å². The summed E-state index contributed by atoms with van der Waals surface area (Å²) in [6, 6.07) is 14.8. The molecule has 1 saturated heterocycles. The number of aromatic nitrogens is 1. The Labute approximate surface area is 187 Å². The van der Waals surface area contributed by atoms with E-state index in [1.54, 1.807) is 32.7 Å². The van der Waals surface area contributed by atoms with Crippen molar-refractivity contribution in [1.82, 2.24) is 14.2 Å². The standard InChI is InChI=1S/C23H27N3O3S2/c1-17(23-24-20-7-3-4-8-21(20)30-23)25(2)22(27)14-11-18-9-12-19(13-10-18)31(28,29)26-15-5-6-16-26/h3-4,7-10,12-13,17H,5-6,11,14-16H2,1-2H3/t17-/m0/s1. The van der Waals surface area contributed by atoms with Gasteiger partial charge in [-0.15, -0.1) is 11.3 Å². The Morgan fingerprint density at radius 2 is 1.81 bits per heavy atom. The molecule has 1 aromatic heterocycles. The third kappa shape index (κ3) is 4.66. The molecule has 1 aliphatic heterocycles. The Morgan fingerprint density at radius 1 is 1.13 bits per heavy atom. The molecule has 31 heavy (non-hydrogen) atoms. The number of sulfonamides is 1. The van der Waals surface area contributed by atoms with Gasteiger partial charge in [0.2, 0.25) is 15.9 Å². The molecule has 1 fully saturated rings. The predicted molar refractivity (Wildman–Crippen MR) is 124 cm³/mol. The van der Waals surface area contributed by atoms with Gasteiger partial charge in [0.05, 0.1) is 21.2 Å². The van der Waals surface area contributed by atoms with E-state index in [2.05, 4.69) is 4.98 Å². The van der Waals surface area contributed by atoms with Crippen LogP contribution >= 0.6 is 11.3 Å². The fourth-order valence-corrected chi connectivity index (χ4v) is 6.36. The van der Waals surface area contributed by atoms with Gasteiger partial charge in [-0.05, 0) is 56.0 Å². The molecular weight excluding hydrogens is 430 g/mol. The number of rotatable bonds is 7. The summed E-state index contributed by atoms with van der Waals surface area (Å²) in [6.45, 7) is 3.18. The number of carbonyl (C=O) groups excluding carboxylic acids is 1. The molecule has 0 unspecified atom stereocenters. The van der Waals surface area contributed by atoms with Crippen LogP contribution in [0.4, 0.5) is 0 Å². The van der Waals surface area contributed by atoms with E-state index < -0.39 is 10.0 Å². The molecule has 6 nitrogen and oxygen atoms in total. The summed E-state index contributed by atoms with van der Waals surface area (Å²) in [7, 11) is -1.59. The van der Waals surface area contributed by atoms with Crippen molar-refractivity contribution in [3.05, 3.63) is 59.1 Å². The first-order chi connectivity index (χ1) is 14.9. The quantitative estimate of drug-likeness (QED) is 0.532. The number of hydrogen-bond acceptors (Lipinski definition) is 5. The van der Waals surface area contributed by atoms with E-state index in [9.17, 15) is 13.2 Å². The fourth-order valence-electron chi connectivity index (χ4n) is 3.78. The number of thiazole rings is 1. The summed E-state index contributed by atoms with van der Waals surface area (Å²) in [5, 5.41) is 0.925. The summed E-state index contributed by atoms with van der Waals surface area (Å²) in [4.78, 5) is 19.5. The first kappa shape index (κ1) is 21.9. The largest absolute Gasteiger partial charge is 0.337 e. The Morgan fingerprint density at radius 3 is 2.48 bits per heavy atom. The third-order valence-electron chi connectivity index (χ3n) is 5.90. The zero-order valence-electron chi connectivity index (χ0n) is 17.8. The maximum absolute atomic E-state index is 12.7. The van der Waals surface area contributed by atoms with Crippen molar-refractivity contribution in [3.63, 3.8) is 0 Å². The highest BCUT2D eigenvalue weighted by Gasteiger charge is 2.27. The Kier molecular flexibility index (Phi) is 6.41. The summed E-state index contributed by atoms with van der Waals surface area (Å²) in [5.41, 5.74) is 1.91. The van der Waals surface area contributed by atoms with E-state index in [0.717, 1.165) is 33.6 Å². The van der Waals surface area contributed by atoms with Gasteiger partial charge >= 0.3 is 0 Å². The molecule has 0 spiro atoms. The molecule has 0 saturated carbocycles. The summed E-state index contributed by atoms with van der Waals surface area (Å²) >= 11 is 1.61. The van der Waals surface area contributed by atoms with Gasteiger partial charge in [0.1, 0.15) is 5.01 Å². The fraction of sp³-hybridized carbons (Fsp3) is 0.391. The number of benzene rings is 2. The van der Waals surface area contributed by atoms with Gasteiger partial charge in [-0.1, -0.05) is 24.3 Å². The Balaban J connectivity index is 1.36. The van der Waals surface area contributed by atoms with Gasteiger partial charge in [-0.25, -0.2) is 13.4 Å². The number of aryl methyl sites for hydroxylation is 1. The maximum Gasteiger partial charge on any atom is 0.243 e. The molecule has 164 valence electrons. The van der Waals surface area contributed by atoms with Crippen molar-refractivity contribution in [3.8, 4) is 0 Å². The summed E-state index contributed by atoms with van der Waals surface area (Å²) in [6.07, 6.45) is 2.77. The number of hydrogen-bond donors (Lipinski definition) is 0. The lowest BCUT2D eigenvalue weighted by molar-refractivity contribution is -0.131. The molecule has 0 N–H and O–H groups in total. The SMILES string of the molecule is C[C@@H](c1nc2ccccc2s1)N(C)C(=O)CCc1ccc(S(=O)(=O)N2CCCC2)cc1. The number of carbonyl (C=O) groups is 1. The number of para-hydroxylation sites is 1. The van der Waals surface area contributed by atoms with E-state index >= 15 is 0 Å². The molecule has 2 aromatic carbocycles. The van der Waals surface area contributed by atoms with Gasteiger partial charge < -0.3 is 4.90 Å². The van der Waals surface area contributed by atoms with Gasteiger partial charge in [0, 0.05) is 26.6 Å². The minimum Gasteiger partial charge on any atom is -0.337 e. The highest BCUT2D eigenvalue weighted by Crippen LogP contribution is 2.29. The van der Waals surface area contributed by atoms with Crippen LogP contribution in [0.5, 0.6) is 0 Å². The second-order valence-electron chi connectivity index (χ2n) is 7.96. The lowest BCUT2D eigenvalue weighted by Crippen LogP contribution is -2.29. The second kappa shape index (κ2) is 9.06. The topological polar surface area (TPSA) is 70.6 Å². The van der Waals surface area contributed by atoms with E-state index in [4.69, 9.17) is 0 Å². The van der Waals surface area contributed by atoms with E-state index in [-0.39, 0.29) is 11.9 Å². The van der Waals surface area contributed by atoms with Crippen molar-refractivity contribution < 1.29 is 13.2 Å². The monoisotopic (exact) mass is 457 g/mol. The average Bonchev–Trinajstić information content (AvgIpc) is 3.47. The van der Waals surface area contributed by atoms with E-state index in [1.165, 1.54) is 0 Å². The van der Waals surface area contributed by atoms with Gasteiger partial charge in [0.15, 0.2) is 0 Å². The van der Waals surface area contributed by atoms with Crippen LogP contribution in [-0.2, 0) is 21.2 Å². The minimum atomic E-state index is -3.40. The van der Waals surface area contributed by atoms with Gasteiger partial charge in [0.25, 0.3) is 0 Å². The van der Waals surface area contributed by atoms with Crippen molar-refractivity contribution in [2.24, 2.45) is 0 Å². The van der Waals surface area contributed by atoms with Crippen LogP contribution in [-0.4, -0.2) is 48.7 Å². The molecule has 1 amide bonds. The predicted octanol–water partition coefficient (Wildman–Crippen LogP) is 4.23. The normalized spacial score (nSPS) is 15.9. The average molecular weight is 458 g/mol. The lowest BCUT2D eigenvalue weighted by Gasteiger charge is -2.23. The molecule has 8 heteroatoms. The van der Waals surface area contributed by atoms with Crippen LogP contribution in [0.15, 0.2) is 53.4 Å². The highest BCUT2D eigenvalue weighted by atomic mass is 32.2. The number of amides is 1. The molecular formula is C23H27N3O3S2. The summed E-state index contributed by atoms with van der Waals surface area (Å²) < 4.78 is 27.9. The Hall–Kier alpha value is -2.29. The second-order valence-corrected chi connectivity index (χ2v) is 11.0. The molecule has 1 aliphatic rings. The van der Waals surface area contributed by atoms with Crippen molar-refractivity contribution in [1.29, 1.82) is 0 Å². The first-order valence-corrected chi connectivity index (χ1v) is 12.8. The zero-order chi connectivity index (χ0) is 22.0. The van der Waals surface area contributed by atoms with Crippen molar-refractivity contribution in [2.75, 3.05) is 20.1 Å². The van der Waals surface area contributed by atoms with Crippen molar-refractivity contribution >= 4 is 37.5 Å². The van der Waals surface area contributed by atoms with Crippen LogP contribution in [0.25, 0.3) is 10.2 Å². The third-order valence-corrected chi connectivity index (χ3v) is 9.02. The minimum absolute atomic E-state index is 0.0421. The number of nitrogens with zero attached hydrogens (tertiary/aromatic N) is 3. The molecule has 2 heterocycles. The smallest absolute Gasteiger partial charge is 0.243 e. The Bertz CT molecular complexity index is 1130. The van der Waals surface area contributed by atoms with Crippen molar-refractivity contribution in [2.45, 2.75) is 43.5 Å². The number of fused-ring (bicyclic) bond motifs is 1. The van der Waals surface area contributed by atoms with Crippen LogP contribution in [0.1, 0.15) is 42.8 Å². The molecule has 4 rings (SSSR count). The molecule has 0 aliphatic carbocycles. The zero-order valence-corrected chi connectivity index (χ0v) is 19.5. The highest BCUT2D eigenvalue weighted by molar-refractivity contribution is 7.89. The van der Waals surface area contributed by atoms with Crippen LogP contribution in [0, 0.1) is 0 Å². The van der Waals surface area contributed by atoms with E-state index in [1.807, 2.05) is 50.4 Å². The van der Waals surface area contributed by atoms with Crippen LogP contribution in [0.3, 0.4) is 0 Å². The maximum atomic E-state index is 12.7. The summed E-state index contributed by atoms with van der Waals surface area (Å²) in [5.74, 6) is 0.0421. The molecule has 1 atom stereocenters. The molecule has 0 bridgehead atoms. The first-order valence-electron chi connectivity index (χ1n) is 10.6. The molecule has 3 aromatic rings. The van der Waals surface area contributed by atoms with E-state index in [0.29, 0.717) is 30.8 Å². The van der Waals surface area contributed by atoms with Crippen LogP contribution < -0.4 is 0 Å². The molecule has 0 radical (unpaired) electrons. The van der Waals surface area contributed by atoms with Gasteiger partial charge in [-0.3, -0.25) is 4.79 Å². The lowest BCUT2D eigenvalue weighted by atomic mass is 10.1.